The van der Waals surface area contributed by atoms with Crippen LogP contribution in [0.2, 0.25) is 0 Å². The van der Waals surface area contributed by atoms with Crippen molar-refractivity contribution >= 4 is 18.0 Å². The van der Waals surface area contributed by atoms with E-state index in [-0.39, 0.29) is 18.9 Å². The summed E-state index contributed by atoms with van der Waals surface area (Å²) in [5, 5.41) is 5.47. The van der Waals surface area contributed by atoms with Gasteiger partial charge in [-0.25, -0.2) is 9.59 Å². The maximum absolute atomic E-state index is 13.2. The first-order valence-corrected chi connectivity index (χ1v) is 11.6. The van der Waals surface area contributed by atoms with Crippen molar-refractivity contribution in [3.63, 3.8) is 0 Å². The Morgan fingerprint density at radius 1 is 0.882 bits per heavy atom. The second kappa shape index (κ2) is 12.8. The van der Waals surface area contributed by atoms with Crippen LogP contribution in [0.15, 0.2) is 60.7 Å². The summed E-state index contributed by atoms with van der Waals surface area (Å²) in [7, 11) is 0. The van der Waals surface area contributed by atoms with Crippen LogP contribution in [0, 0.1) is 5.92 Å². The number of alkyl carbamates (subject to hydrolysis) is 1. The molecular formula is C27H36N2O5. The number of ether oxygens (including phenoxy) is 2. The summed E-state index contributed by atoms with van der Waals surface area (Å²) in [5.74, 6) is -1.18. The summed E-state index contributed by atoms with van der Waals surface area (Å²) >= 11 is 0. The quantitative estimate of drug-likeness (QED) is 0.504. The average molecular weight is 469 g/mol. The van der Waals surface area contributed by atoms with Crippen molar-refractivity contribution in [3.05, 3.63) is 71.8 Å². The Balaban J connectivity index is 2.16. The number of benzene rings is 2. The molecule has 0 radical (unpaired) electrons. The van der Waals surface area contributed by atoms with Gasteiger partial charge in [-0.1, -0.05) is 80.9 Å². The number of amides is 2. The normalized spacial score (nSPS) is 13.8. The molecule has 2 rings (SSSR count). The molecule has 2 aromatic carbocycles. The second-order valence-electron chi connectivity index (χ2n) is 9.35. The Morgan fingerprint density at radius 2 is 1.44 bits per heavy atom. The number of hydrogen-bond donors (Lipinski definition) is 2. The summed E-state index contributed by atoms with van der Waals surface area (Å²) in [4.78, 5) is 38.6. The van der Waals surface area contributed by atoms with E-state index in [0.29, 0.717) is 6.42 Å². The molecule has 3 atom stereocenters. The fraction of sp³-hybridized carbons (Fsp3) is 0.444. The van der Waals surface area contributed by atoms with E-state index in [1.54, 1.807) is 20.8 Å². The average Bonchev–Trinajstić information content (AvgIpc) is 2.80. The van der Waals surface area contributed by atoms with Crippen molar-refractivity contribution in [1.29, 1.82) is 0 Å². The standard InChI is InChI=1S/C27H36N2O5/c1-6-19(2)23(29-26(32)34-27(3,4)5)24(30)28-22(17-20-13-9-7-10-14-20)25(31)33-18-21-15-11-8-12-16-21/h7-16,19,22-23H,6,17-18H2,1-5H3,(H,28,30)(H,29,32)/t19?,22-,23-/m0/s1. The summed E-state index contributed by atoms with van der Waals surface area (Å²) in [6.45, 7) is 9.15. The predicted octanol–water partition coefficient (Wildman–Crippen LogP) is 4.40. The first-order valence-electron chi connectivity index (χ1n) is 11.6. The molecule has 0 fully saturated rings. The first kappa shape index (κ1) is 26.9. The van der Waals surface area contributed by atoms with Gasteiger partial charge in [-0.2, -0.15) is 0 Å². The summed E-state index contributed by atoms with van der Waals surface area (Å²) in [5.41, 5.74) is 1.03. The fourth-order valence-electron chi connectivity index (χ4n) is 3.27. The van der Waals surface area contributed by atoms with E-state index in [0.717, 1.165) is 11.1 Å². The van der Waals surface area contributed by atoms with E-state index in [1.807, 2.05) is 74.5 Å². The molecule has 0 bridgehead atoms. The molecule has 7 nitrogen and oxygen atoms in total. The van der Waals surface area contributed by atoms with Gasteiger partial charge in [-0.15, -0.1) is 0 Å². The van der Waals surface area contributed by atoms with Gasteiger partial charge in [-0.05, 0) is 37.8 Å². The largest absolute Gasteiger partial charge is 0.459 e. The van der Waals surface area contributed by atoms with Gasteiger partial charge in [-0.3, -0.25) is 4.79 Å². The van der Waals surface area contributed by atoms with Gasteiger partial charge in [0.1, 0.15) is 24.3 Å². The van der Waals surface area contributed by atoms with E-state index in [4.69, 9.17) is 9.47 Å². The summed E-state index contributed by atoms with van der Waals surface area (Å²) < 4.78 is 10.8. The number of carbonyl (C=O) groups excluding carboxylic acids is 3. The maximum atomic E-state index is 13.2. The highest BCUT2D eigenvalue weighted by atomic mass is 16.6. The van der Waals surface area contributed by atoms with Crippen LogP contribution in [0.3, 0.4) is 0 Å². The van der Waals surface area contributed by atoms with E-state index < -0.39 is 35.7 Å². The molecule has 0 aliphatic rings. The van der Waals surface area contributed by atoms with Gasteiger partial charge >= 0.3 is 12.1 Å². The first-order chi connectivity index (χ1) is 16.1. The monoisotopic (exact) mass is 468 g/mol. The van der Waals surface area contributed by atoms with E-state index in [9.17, 15) is 14.4 Å². The van der Waals surface area contributed by atoms with Crippen LogP contribution in [0.5, 0.6) is 0 Å². The van der Waals surface area contributed by atoms with Crippen molar-refractivity contribution in [2.24, 2.45) is 5.92 Å². The molecule has 2 aromatic rings. The number of rotatable bonds is 10. The van der Waals surface area contributed by atoms with E-state index in [2.05, 4.69) is 10.6 Å². The van der Waals surface area contributed by atoms with Crippen LogP contribution < -0.4 is 10.6 Å². The second-order valence-corrected chi connectivity index (χ2v) is 9.35. The third-order valence-corrected chi connectivity index (χ3v) is 5.28. The van der Waals surface area contributed by atoms with Gasteiger partial charge in [0.2, 0.25) is 5.91 Å². The van der Waals surface area contributed by atoms with Crippen LogP contribution in [-0.2, 0) is 32.1 Å². The van der Waals surface area contributed by atoms with Crippen molar-refractivity contribution in [2.75, 3.05) is 0 Å². The molecule has 0 saturated heterocycles. The number of esters is 1. The van der Waals surface area contributed by atoms with Crippen molar-refractivity contribution < 1.29 is 23.9 Å². The van der Waals surface area contributed by atoms with Gasteiger partial charge in [0.05, 0.1) is 0 Å². The Morgan fingerprint density at radius 3 is 1.97 bits per heavy atom. The zero-order valence-electron chi connectivity index (χ0n) is 20.7. The zero-order chi connectivity index (χ0) is 25.1. The summed E-state index contributed by atoms with van der Waals surface area (Å²) in [6.07, 6.45) is 0.231. The third-order valence-electron chi connectivity index (χ3n) is 5.28. The Kier molecular flexibility index (Phi) is 10.1. The number of carbonyl (C=O) groups is 3. The predicted molar refractivity (Wildman–Crippen MR) is 131 cm³/mol. The van der Waals surface area contributed by atoms with E-state index >= 15 is 0 Å². The molecular weight excluding hydrogens is 432 g/mol. The highest BCUT2D eigenvalue weighted by molar-refractivity contribution is 5.90. The molecule has 2 N–H and O–H groups in total. The minimum atomic E-state index is -0.911. The molecule has 0 saturated carbocycles. The highest BCUT2D eigenvalue weighted by Gasteiger charge is 2.32. The lowest BCUT2D eigenvalue weighted by molar-refractivity contribution is -0.149. The number of hydrogen-bond acceptors (Lipinski definition) is 5. The molecule has 0 aliphatic carbocycles. The molecule has 0 heterocycles. The number of nitrogens with one attached hydrogen (secondary N) is 2. The van der Waals surface area contributed by atoms with Crippen LogP contribution in [-0.4, -0.2) is 35.7 Å². The maximum Gasteiger partial charge on any atom is 0.408 e. The highest BCUT2D eigenvalue weighted by Crippen LogP contribution is 2.13. The van der Waals surface area contributed by atoms with Gasteiger partial charge in [0.15, 0.2) is 0 Å². The molecule has 7 heteroatoms. The van der Waals surface area contributed by atoms with Gasteiger partial charge in [0, 0.05) is 6.42 Å². The van der Waals surface area contributed by atoms with Crippen LogP contribution >= 0.6 is 0 Å². The van der Waals surface area contributed by atoms with E-state index in [1.165, 1.54) is 0 Å². The topological polar surface area (TPSA) is 93.7 Å². The summed E-state index contributed by atoms with van der Waals surface area (Å²) in [6, 6.07) is 17.0. The molecule has 0 spiro atoms. The molecule has 184 valence electrons. The molecule has 34 heavy (non-hydrogen) atoms. The lowest BCUT2D eigenvalue weighted by Crippen LogP contribution is -2.55. The van der Waals surface area contributed by atoms with Crippen LogP contribution in [0.25, 0.3) is 0 Å². The molecule has 1 unspecified atom stereocenters. The van der Waals surface area contributed by atoms with Gasteiger partial charge in [0.25, 0.3) is 0 Å². The lowest BCUT2D eigenvalue weighted by Gasteiger charge is -2.27. The Hall–Kier alpha value is -3.35. The van der Waals surface area contributed by atoms with Crippen LogP contribution in [0.1, 0.15) is 52.2 Å². The SMILES string of the molecule is CCC(C)[C@H](NC(=O)OC(C)(C)C)C(=O)N[C@@H](Cc1ccccc1)C(=O)OCc1ccccc1. The molecule has 0 aromatic heterocycles. The minimum Gasteiger partial charge on any atom is -0.459 e. The van der Waals surface area contributed by atoms with Gasteiger partial charge < -0.3 is 20.1 Å². The third kappa shape index (κ3) is 9.25. The van der Waals surface area contributed by atoms with Crippen molar-refractivity contribution in [1.82, 2.24) is 10.6 Å². The zero-order valence-corrected chi connectivity index (χ0v) is 20.7. The Bertz CT molecular complexity index is 925. The fourth-order valence-corrected chi connectivity index (χ4v) is 3.27. The minimum absolute atomic E-state index is 0.103. The molecule has 2 amide bonds. The lowest BCUT2D eigenvalue weighted by atomic mass is 9.97. The molecule has 0 aliphatic heterocycles. The smallest absolute Gasteiger partial charge is 0.408 e. The Labute approximate surface area is 202 Å². The van der Waals surface area contributed by atoms with Crippen LogP contribution in [0.4, 0.5) is 4.79 Å². The van der Waals surface area contributed by atoms with Crippen molar-refractivity contribution in [3.8, 4) is 0 Å². The van der Waals surface area contributed by atoms with Crippen molar-refractivity contribution in [2.45, 2.75) is 71.8 Å².